The van der Waals surface area contributed by atoms with Crippen LogP contribution in [0, 0.1) is 6.61 Å². The predicted octanol–water partition coefficient (Wildman–Crippen LogP) is 1.43. The first-order chi connectivity index (χ1) is 4.93. The minimum absolute atomic E-state index is 0.846. The minimum Gasteiger partial charge on any atom is -0.378 e. The fraction of sp³-hybridized carbons (Fsp3) is 0.250. The highest BCUT2D eigenvalue weighted by molar-refractivity contribution is 5.10. The van der Waals surface area contributed by atoms with E-state index in [1.54, 1.807) is 26.1 Å². The van der Waals surface area contributed by atoms with Crippen LogP contribution in [0.15, 0.2) is 24.5 Å². The zero-order valence-electron chi connectivity index (χ0n) is 5.95. The lowest BCUT2D eigenvalue weighted by Crippen LogP contribution is -1.87. The first kappa shape index (κ1) is 7.22. The molecule has 1 aromatic rings. The van der Waals surface area contributed by atoms with E-state index in [1.807, 2.05) is 12.1 Å². The molecule has 0 unspecified atom stereocenters. The summed E-state index contributed by atoms with van der Waals surface area (Å²) in [5.74, 6) is 0. The van der Waals surface area contributed by atoms with Crippen molar-refractivity contribution < 1.29 is 4.74 Å². The standard InChI is InChI=1S/C8H10NO/c1-10-7-4-8-2-5-9-6-3-8/h2-3,5-7H,4H2,1H3. The monoisotopic (exact) mass is 136 g/mol. The van der Waals surface area contributed by atoms with Crippen LogP contribution >= 0.6 is 0 Å². The Morgan fingerprint density at radius 2 is 2.20 bits per heavy atom. The van der Waals surface area contributed by atoms with Crippen LogP contribution in [0.2, 0.25) is 0 Å². The molecule has 0 aliphatic carbocycles. The molecular formula is C8H10NO. The van der Waals surface area contributed by atoms with Crippen molar-refractivity contribution in [3.8, 4) is 0 Å². The van der Waals surface area contributed by atoms with Crippen LogP contribution < -0.4 is 0 Å². The molecule has 1 aromatic heterocycles. The largest absolute Gasteiger partial charge is 0.378 e. The van der Waals surface area contributed by atoms with Gasteiger partial charge in [0.15, 0.2) is 0 Å². The molecule has 0 N–H and O–H groups in total. The van der Waals surface area contributed by atoms with E-state index in [2.05, 4.69) is 4.98 Å². The van der Waals surface area contributed by atoms with Crippen molar-refractivity contribution in [3.05, 3.63) is 36.7 Å². The quantitative estimate of drug-likeness (QED) is 0.627. The zero-order valence-corrected chi connectivity index (χ0v) is 5.95. The van der Waals surface area contributed by atoms with Crippen molar-refractivity contribution in [2.24, 2.45) is 0 Å². The number of rotatable bonds is 3. The molecule has 0 aliphatic rings. The third-order valence-electron chi connectivity index (χ3n) is 1.24. The molecule has 0 saturated carbocycles. The van der Waals surface area contributed by atoms with E-state index < -0.39 is 0 Å². The molecule has 10 heavy (non-hydrogen) atoms. The molecule has 2 nitrogen and oxygen atoms in total. The number of nitrogens with zero attached hydrogens (tertiary/aromatic N) is 1. The van der Waals surface area contributed by atoms with E-state index in [1.165, 1.54) is 5.56 Å². The van der Waals surface area contributed by atoms with Gasteiger partial charge in [-0.1, -0.05) is 0 Å². The maximum absolute atomic E-state index is 4.80. The second-order valence-corrected chi connectivity index (χ2v) is 1.96. The van der Waals surface area contributed by atoms with Crippen molar-refractivity contribution in [1.29, 1.82) is 0 Å². The summed E-state index contributed by atoms with van der Waals surface area (Å²) in [4.78, 5) is 3.90. The molecule has 0 spiro atoms. The molecule has 1 rings (SSSR count). The van der Waals surface area contributed by atoms with Crippen molar-refractivity contribution >= 4 is 0 Å². The van der Waals surface area contributed by atoms with Crippen molar-refractivity contribution in [3.63, 3.8) is 0 Å². The topological polar surface area (TPSA) is 22.1 Å². The number of methoxy groups -OCH3 is 1. The first-order valence-electron chi connectivity index (χ1n) is 3.17. The number of aromatic nitrogens is 1. The van der Waals surface area contributed by atoms with Crippen molar-refractivity contribution in [2.75, 3.05) is 7.11 Å². The lowest BCUT2D eigenvalue weighted by molar-refractivity contribution is 0.271. The maximum atomic E-state index is 4.80. The van der Waals surface area contributed by atoms with Gasteiger partial charge >= 0.3 is 0 Å². The predicted molar refractivity (Wildman–Crippen MR) is 39.3 cm³/mol. The Morgan fingerprint density at radius 1 is 1.50 bits per heavy atom. The second-order valence-electron chi connectivity index (χ2n) is 1.96. The van der Waals surface area contributed by atoms with E-state index in [0.717, 1.165) is 6.42 Å². The molecule has 0 atom stereocenters. The minimum atomic E-state index is 0.846. The van der Waals surface area contributed by atoms with Crippen LogP contribution in [0.1, 0.15) is 5.56 Å². The molecule has 0 fully saturated rings. The smallest absolute Gasteiger partial charge is 0.0876 e. The third kappa shape index (κ3) is 2.15. The summed E-state index contributed by atoms with van der Waals surface area (Å²) in [6.07, 6.45) is 4.40. The van der Waals surface area contributed by atoms with Crippen LogP contribution in [-0.2, 0) is 11.2 Å². The number of hydrogen-bond donors (Lipinski definition) is 0. The average molecular weight is 136 g/mol. The highest BCUT2D eigenvalue weighted by Gasteiger charge is 1.88. The van der Waals surface area contributed by atoms with Crippen LogP contribution in [0.3, 0.4) is 0 Å². The Balaban J connectivity index is 2.43. The van der Waals surface area contributed by atoms with E-state index in [0.29, 0.717) is 0 Å². The molecule has 2 heteroatoms. The summed E-state index contributed by atoms with van der Waals surface area (Å²) in [6, 6.07) is 3.94. The fourth-order valence-corrected chi connectivity index (χ4v) is 0.698. The fourth-order valence-electron chi connectivity index (χ4n) is 0.698. The third-order valence-corrected chi connectivity index (χ3v) is 1.24. The number of ether oxygens (including phenoxy) is 1. The lowest BCUT2D eigenvalue weighted by Gasteiger charge is -1.96. The summed E-state index contributed by atoms with van der Waals surface area (Å²) in [6.45, 7) is 1.76. The molecule has 53 valence electrons. The summed E-state index contributed by atoms with van der Waals surface area (Å²) in [5.41, 5.74) is 1.22. The first-order valence-corrected chi connectivity index (χ1v) is 3.17. The van der Waals surface area contributed by atoms with Gasteiger partial charge in [0.2, 0.25) is 0 Å². The van der Waals surface area contributed by atoms with Gasteiger partial charge in [-0.3, -0.25) is 4.98 Å². The average Bonchev–Trinajstić information content (AvgIpc) is 2.03. The van der Waals surface area contributed by atoms with Gasteiger partial charge in [0.25, 0.3) is 0 Å². The maximum Gasteiger partial charge on any atom is 0.0876 e. The van der Waals surface area contributed by atoms with Crippen molar-refractivity contribution in [2.45, 2.75) is 6.42 Å². The summed E-state index contributed by atoms with van der Waals surface area (Å²) >= 11 is 0. The Bertz CT molecular complexity index is 174. The van der Waals surface area contributed by atoms with Gasteiger partial charge in [-0.25, -0.2) is 0 Å². The van der Waals surface area contributed by atoms with Crippen LogP contribution in [-0.4, -0.2) is 12.1 Å². The SMILES string of the molecule is CO[CH]Cc1ccncc1. The van der Waals surface area contributed by atoms with Gasteiger partial charge < -0.3 is 4.74 Å². The summed E-state index contributed by atoms with van der Waals surface area (Å²) < 4.78 is 4.80. The Kier molecular flexibility index (Phi) is 2.90. The van der Waals surface area contributed by atoms with Gasteiger partial charge in [-0.15, -0.1) is 0 Å². The summed E-state index contributed by atoms with van der Waals surface area (Å²) in [5, 5.41) is 0. The van der Waals surface area contributed by atoms with E-state index in [4.69, 9.17) is 4.74 Å². The Morgan fingerprint density at radius 3 is 2.80 bits per heavy atom. The molecule has 0 amide bonds. The van der Waals surface area contributed by atoms with Gasteiger partial charge in [-0.2, -0.15) is 0 Å². The van der Waals surface area contributed by atoms with Crippen LogP contribution in [0.25, 0.3) is 0 Å². The Labute approximate surface area is 60.9 Å². The molecule has 0 aromatic carbocycles. The van der Waals surface area contributed by atoms with E-state index >= 15 is 0 Å². The van der Waals surface area contributed by atoms with Gasteiger partial charge in [0.1, 0.15) is 0 Å². The molecule has 0 aliphatic heterocycles. The van der Waals surface area contributed by atoms with E-state index in [9.17, 15) is 0 Å². The van der Waals surface area contributed by atoms with Gasteiger partial charge in [0, 0.05) is 25.9 Å². The molecular weight excluding hydrogens is 126 g/mol. The van der Waals surface area contributed by atoms with Gasteiger partial charge in [0.05, 0.1) is 6.61 Å². The van der Waals surface area contributed by atoms with Crippen LogP contribution in [0.4, 0.5) is 0 Å². The highest BCUT2D eigenvalue weighted by Crippen LogP contribution is 1.98. The normalized spacial score (nSPS) is 9.70. The Hall–Kier alpha value is -0.890. The molecule has 0 saturated heterocycles. The molecule has 0 bridgehead atoms. The zero-order chi connectivity index (χ0) is 7.23. The van der Waals surface area contributed by atoms with E-state index in [-0.39, 0.29) is 0 Å². The number of pyridine rings is 1. The second kappa shape index (κ2) is 4.01. The summed E-state index contributed by atoms with van der Waals surface area (Å²) in [7, 11) is 1.65. The van der Waals surface area contributed by atoms with Crippen molar-refractivity contribution in [1.82, 2.24) is 4.98 Å². The molecule has 1 heterocycles. The van der Waals surface area contributed by atoms with Crippen LogP contribution in [0.5, 0.6) is 0 Å². The highest BCUT2D eigenvalue weighted by atomic mass is 16.5. The van der Waals surface area contributed by atoms with Gasteiger partial charge in [-0.05, 0) is 17.7 Å². The number of hydrogen-bond acceptors (Lipinski definition) is 2. The lowest BCUT2D eigenvalue weighted by atomic mass is 10.2. The molecule has 1 radical (unpaired) electrons.